The first-order valence-corrected chi connectivity index (χ1v) is 8.27. The summed E-state index contributed by atoms with van der Waals surface area (Å²) >= 11 is 5.63. The molecule has 0 aliphatic rings. The van der Waals surface area contributed by atoms with Crippen LogP contribution in [-0.2, 0) is 9.84 Å². The number of sulfone groups is 1. The zero-order valence-corrected chi connectivity index (χ0v) is 13.0. The van der Waals surface area contributed by atoms with E-state index in [0.717, 1.165) is 9.77 Å². The van der Waals surface area contributed by atoms with Crippen molar-refractivity contribution in [3.63, 3.8) is 0 Å². The first-order valence-electron chi connectivity index (χ1n) is 5.52. The maximum atomic E-state index is 12.3. The number of allylic oxidation sites excluding steroid dienone is 1. The number of aryl methyl sites for hydroxylation is 1. The minimum Gasteiger partial charge on any atom is -0.244 e. The molecule has 20 heavy (non-hydrogen) atoms. The van der Waals surface area contributed by atoms with Gasteiger partial charge in [0, 0.05) is 20.8 Å². The highest BCUT2D eigenvalue weighted by molar-refractivity contribution is 7.95. The lowest BCUT2D eigenvalue weighted by atomic mass is 10.4. The molecule has 2 aromatic rings. The van der Waals surface area contributed by atoms with Gasteiger partial charge in [0.2, 0.25) is 9.84 Å². The molecule has 2 aromatic heterocycles. The number of hydrogen-bond acceptors (Lipinski definition) is 6. The van der Waals surface area contributed by atoms with E-state index in [1.807, 2.05) is 6.92 Å². The Morgan fingerprint density at radius 1 is 1.50 bits per heavy atom. The Bertz CT molecular complexity index is 780. The molecule has 0 aliphatic carbocycles. The van der Waals surface area contributed by atoms with Crippen LogP contribution in [-0.4, -0.2) is 13.4 Å². The minimum absolute atomic E-state index is 0.132. The number of pyridine rings is 1. The Hall–Kier alpha value is -1.62. The molecule has 0 aromatic carbocycles. The van der Waals surface area contributed by atoms with Crippen molar-refractivity contribution in [2.24, 2.45) is 0 Å². The maximum Gasteiger partial charge on any atom is 0.233 e. The van der Waals surface area contributed by atoms with Crippen molar-refractivity contribution in [2.75, 3.05) is 0 Å². The summed E-state index contributed by atoms with van der Waals surface area (Å²) < 4.78 is 24.6. The topological polar surface area (TPSA) is 70.8 Å². The fourth-order valence-corrected chi connectivity index (χ4v) is 3.88. The second kappa shape index (κ2) is 5.79. The van der Waals surface area contributed by atoms with Crippen molar-refractivity contribution in [1.82, 2.24) is 4.98 Å². The molecular weight excluding hydrogens is 312 g/mol. The molecule has 4 nitrogen and oxygen atoms in total. The average molecular weight is 322 g/mol. The van der Waals surface area contributed by atoms with Gasteiger partial charge in [0.15, 0.2) is 9.93 Å². The van der Waals surface area contributed by atoms with E-state index in [1.165, 1.54) is 29.7 Å². The van der Waals surface area contributed by atoms with Gasteiger partial charge in [-0.25, -0.2) is 13.4 Å². The summed E-state index contributed by atoms with van der Waals surface area (Å²) in [6.45, 7) is 1.88. The van der Waals surface area contributed by atoms with Gasteiger partial charge in [0.1, 0.15) is 6.07 Å². The Labute approximate surface area is 126 Å². The molecule has 0 saturated carbocycles. The lowest BCUT2D eigenvalue weighted by Crippen LogP contribution is -2.05. The standard InChI is InChI=1S/C13H10N2O2S3/c1-9-12(18)7-10(19-9)6-11(8-14)20(16,17)13-4-2-3-5-15-13/h2-7,18H,1H3/b11-6+. The van der Waals surface area contributed by atoms with Gasteiger partial charge in [0.05, 0.1) is 0 Å². The molecule has 0 N–H and O–H groups in total. The van der Waals surface area contributed by atoms with Gasteiger partial charge in [-0.3, -0.25) is 0 Å². The van der Waals surface area contributed by atoms with Gasteiger partial charge in [-0.1, -0.05) is 6.07 Å². The third kappa shape index (κ3) is 2.93. The van der Waals surface area contributed by atoms with E-state index in [0.29, 0.717) is 4.88 Å². The van der Waals surface area contributed by atoms with Crippen molar-refractivity contribution in [3.8, 4) is 6.07 Å². The van der Waals surface area contributed by atoms with Crippen molar-refractivity contribution in [1.29, 1.82) is 5.26 Å². The predicted molar refractivity (Wildman–Crippen MR) is 81.3 cm³/mol. The van der Waals surface area contributed by atoms with Crippen molar-refractivity contribution in [2.45, 2.75) is 16.8 Å². The number of nitrogens with zero attached hydrogens (tertiary/aromatic N) is 2. The van der Waals surface area contributed by atoms with Crippen LogP contribution in [0.5, 0.6) is 0 Å². The van der Waals surface area contributed by atoms with Gasteiger partial charge in [-0.15, -0.1) is 24.0 Å². The van der Waals surface area contributed by atoms with Crippen LogP contribution >= 0.6 is 24.0 Å². The molecule has 0 spiro atoms. The van der Waals surface area contributed by atoms with Gasteiger partial charge in [0.25, 0.3) is 0 Å². The molecule has 102 valence electrons. The van der Waals surface area contributed by atoms with E-state index in [2.05, 4.69) is 17.6 Å². The van der Waals surface area contributed by atoms with Crippen molar-refractivity contribution < 1.29 is 8.42 Å². The van der Waals surface area contributed by atoms with Gasteiger partial charge >= 0.3 is 0 Å². The minimum atomic E-state index is -3.88. The number of thiophene rings is 1. The van der Waals surface area contributed by atoms with E-state index in [4.69, 9.17) is 5.26 Å². The first-order chi connectivity index (χ1) is 9.45. The monoisotopic (exact) mass is 322 g/mol. The van der Waals surface area contributed by atoms with Crippen LogP contribution in [0.4, 0.5) is 0 Å². The second-order valence-corrected chi connectivity index (χ2v) is 7.52. The van der Waals surface area contributed by atoms with E-state index in [1.54, 1.807) is 24.3 Å². The molecule has 2 rings (SSSR count). The van der Waals surface area contributed by atoms with Crippen LogP contribution < -0.4 is 0 Å². The lowest BCUT2D eigenvalue weighted by molar-refractivity contribution is 0.600. The maximum absolute atomic E-state index is 12.3. The Morgan fingerprint density at radius 3 is 2.75 bits per heavy atom. The van der Waals surface area contributed by atoms with Crippen LogP contribution in [0, 0.1) is 18.3 Å². The molecule has 0 bridgehead atoms. The average Bonchev–Trinajstić information content (AvgIpc) is 2.75. The Kier molecular flexibility index (Phi) is 4.28. The van der Waals surface area contributed by atoms with Gasteiger partial charge in [-0.05, 0) is 31.2 Å². The number of nitriles is 1. The summed E-state index contributed by atoms with van der Waals surface area (Å²) in [6, 6.07) is 8.01. The summed E-state index contributed by atoms with van der Waals surface area (Å²) in [4.78, 5) is 5.87. The largest absolute Gasteiger partial charge is 0.244 e. The fraction of sp³-hybridized carbons (Fsp3) is 0.0769. The zero-order chi connectivity index (χ0) is 14.8. The van der Waals surface area contributed by atoms with E-state index in [-0.39, 0.29) is 9.93 Å². The van der Waals surface area contributed by atoms with Crippen LogP contribution in [0.15, 0.2) is 45.3 Å². The molecule has 0 saturated heterocycles. The Morgan fingerprint density at radius 2 is 2.25 bits per heavy atom. The predicted octanol–water partition coefficient (Wildman–Crippen LogP) is 3.08. The summed E-state index contributed by atoms with van der Waals surface area (Å²) in [5.74, 6) is 0. The highest BCUT2D eigenvalue weighted by Crippen LogP contribution is 2.28. The quantitative estimate of drug-likeness (QED) is 0.696. The summed E-state index contributed by atoms with van der Waals surface area (Å²) in [6.07, 6.45) is 2.73. The fourth-order valence-electron chi connectivity index (χ4n) is 1.48. The number of aromatic nitrogens is 1. The summed E-state index contributed by atoms with van der Waals surface area (Å²) in [7, 11) is -3.88. The van der Waals surface area contributed by atoms with Crippen molar-refractivity contribution in [3.05, 3.63) is 45.1 Å². The van der Waals surface area contributed by atoms with Crippen LogP contribution in [0.3, 0.4) is 0 Å². The SMILES string of the molecule is Cc1sc(/C=C(\C#N)S(=O)(=O)c2ccccn2)cc1S. The first kappa shape index (κ1) is 14.8. The van der Waals surface area contributed by atoms with Crippen LogP contribution in [0.25, 0.3) is 6.08 Å². The lowest BCUT2D eigenvalue weighted by Gasteiger charge is -2.00. The molecule has 0 aliphatic heterocycles. The highest BCUT2D eigenvalue weighted by atomic mass is 32.2. The molecular formula is C13H10N2O2S3. The molecule has 0 atom stereocenters. The summed E-state index contributed by atoms with van der Waals surface area (Å²) in [5.41, 5.74) is 0. The smallest absolute Gasteiger partial charge is 0.233 e. The van der Waals surface area contributed by atoms with Gasteiger partial charge in [-0.2, -0.15) is 5.26 Å². The zero-order valence-electron chi connectivity index (χ0n) is 10.4. The van der Waals surface area contributed by atoms with Crippen molar-refractivity contribution >= 4 is 39.9 Å². The van der Waals surface area contributed by atoms with E-state index < -0.39 is 9.84 Å². The molecule has 0 unspecified atom stereocenters. The van der Waals surface area contributed by atoms with Crippen LogP contribution in [0.2, 0.25) is 0 Å². The summed E-state index contributed by atoms with van der Waals surface area (Å²) in [5, 5.41) is 8.99. The molecule has 2 heterocycles. The molecule has 0 radical (unpaired) electrons. The third-order valence-corrected chi connectivity index (χ3v) is 5.69. The van der Waals surface area contributed by atoms with E-state index >= 15 is 0 Å². The van der Waals surface area contributed by atoms with E-state index in [9.17, 15) is 8.42 Å². The highest BCUT2D eigenvalue weighted by Gasteiger charge is 2.22. The third-order valence-electron chi connectivity index (χ3n) is 2.50. The molecule has 7 heteroatoms. The van der Waals surface area contributed by atoms with Gasteiger partial charge < -0.3 is 0 Å². The van der Waals surface area contributed by atoms with Crippen LogP contribution in [0.1, 0.15) is 9.75 Å². The Balaban J connectivity index is 2.51. The number of thiol groups is 1. The second-order valence-electron chi connectivity index (χ2n) is 3.88. The number of hydrogen-bond donors (Lipinski definition) is 1. The molecule has 0 fully saturated rings. The normalized spacial score (nSPS) is 12.2. The number of rotatable bonds is 3. The molecule has 0 amide bonds.